The molecular weight excluding hydrogens is 174 g/mol. The highest BCUT2D eigenvalue weighted by Crippen LogP contribution is 2.22. The van der Waals surface area contributed by atoms with Gasteiger partial charge < -0.3 is 11.5 Å². The second-order valence-electron chi connectivity index (χ2n) is 3.73. The van der Waals surface area contributed by atoms with Gasteiger partial charge in [-0.05, 0) is 23.6 Å². The van der Waals surface area contributed by atoms with E-state index in [0.717, 1.165) is 5.56 Å². The molecule has 0 aliphatic carbocycles. The lowest BCUT2D eigenvalue weighted by molar-refractivity contribution is 0.514. The molecule has 1 aromatic rings. The van der Waals surface area contributed by atoms with E-state index < -0.39 is 0 Å². The Balaban J connectivity index is 3.08. The van der Waals surface area contributed by atoms with Gasteiger partial charge in [0.2, 0.25) is 0 Å². The van der Waals surface area contributed by atoms with Crippen LogP contribution in [0.1, 0.15) is 31.0 Å². The van der Waals surface area contributed by atoms with Crippen LogP contribution in [0.5, 0.6) is 0 Å². The predicted octanol–water partition coefficient (Wildman–Crippen LogP) is 1.80. The molecule has 0 saturated heterocycles. The van der Waals surface area contributed by atoms with Gasteiger partial charge in [-0.2, -0.15) is 5.26 Å². The number of hydrogen-bond donors (Lipinski definition) is 2. The van der Waals surface area contributed by atoms with Crippen LogP contribution in [-0.2, 0) is 0 Å². The molecule has 0 spiro atoms. The van der Waals surface area contributed by atoms with E-state index >= 15 is 0 Å². The van der Waals surface area contributed by atoms with Gasteiger partial charge in [0.1, 0.15) is 6.07 Å². The van der Waals surface area contributed by atoms with E-state index in [1.165, 1.54) is 0 Å². The number of benzene rings is 1. The maximum Gasteiger partial charge on any atom is 0.101 e. The van der Waals surface area contributed by atoms with Crippen molar-refractivity contribution < 1.29 is 0 Å². The zero-order valence-corrected chi connectivity index (χ0v) is 8.49. The monoisotopic (exact) mass is 189 g/mol. The van der Waals surface area contributed by atoms with Gasteiger partial charge in [0.15, 0.2) is 0 Å². The molecule has 4 N–H and O–H groups in total. The Morgan fingerprint density at radius 3 is 2.50 bits per heavy atom. The summed E-state index contributed by atoms with van der Waals surface area (Å²) in [6.07, 6.45) is 0. The molecule has 1 atom stereocenters. The predicted molar refractivity (Wildman–Crippen MR) is 57.3 cm³/mol. The lowest BCUT2D eigenvalue weighted by Gasteiger charge is -2.16. The van der Waals surface area contributed by atoms with E-state index in [2.05, 4.69) is 0 Å². The van der Waals surface area contributed by atoms with Crippen LogP contribution in [0.4, 0.5) is 5.69 Å². The Kier molecular flexibility index (Phi) is 3.10. The van der Waals surface area contributed by atoms with E-state index in [9.17, 15) is 0 Å². The van der Waals surface area contributed by atoms with Gasteiger partial charge in [-0.3, -0.25) is 0 Å². The topological polar surface area (TPSA) is 75.8 Å². The standard InChI is InChI=1S/C11H15N3/c1-7(2)11(14)8-3-4-10(13)9(5-8)6-12/h3-5,7,11H,13-14H2,1-2H3/t11-/m0/s1. The number of rotatable bonds is 2. The van der Waals surface area contributed by atoms with Crippen molar-refractivity contribution in [2.75, 3.05) is 5.73 Å². The Labute approximate surface area is 84.3 Å². The quantitative estimate of drug-likeness (QED) is 0.696. The van der Waals surface area contributed by atoms with E-state index in [-0.39, 0.29) is 6.04 Å². The van der Waals surface area contributed by atoms with Crippen LogP contribution in [0.25, 0.3) is 0 Å². The second kappa shape index (κ2) is 4.12. The fourth-order valence-corrected chi connectivity index (χ4v) is 1.26. The summed E-state index contributed by atoms with van der Waals surface area (Å²) in [4.78, 5) is 0. The van der Waals surface area contributed by atoms with Crippen LogP contribution >= 0.6 is 0 Å². The van der Waals surface area contributed by atoms with Crippen molar-refractivity contribution in [3.05, 3.63) is 29.3 Å². The zero-order chi connectivity index (χ0) is 10.7. The number of hydrogen-bond acceptors (Lipinski definition) is 3. The Hall–Kier alpha value is -1.53. The molecule has 74 valence electrons. The van der Waals surface area contributed by atoms with Gasteiger partial charge in [0.25, 0.3) is 0 Å². The largest absolute Gasteiger partial charge is 0.398 e. The van der Waals surface area contributed by atoms with Crippen molar-refractivity contribution >= 4 is 5.69 Å². The summed E-state index contributed by atoms with van der Waals surface area (Å²) in [6, 6.07) is 7.38. The van der Waals surface area contributed by atoms with Gasteiger partial charge in [0.05, 0.1) is 5.56 Å². The minimum Gasteiger partial charge on any atom is -0.398 e. The minimum absolute atomic E-state index is 0.0392. The van der Waals surface area contributed by atoms with Crippen molar-refractivity contribution in [1.82, 2.24) is 0 Å². The van der Waals surface area contributed by atoms with Crippen LogP contribution in [0.15, 0.2) is 18.2 Å². The lowest BCUT2D eigenvalue weighted by Crippen LogP contribution is -2.16. The first kappa shape index (κ1) is 10.6. The summed E-state index contributed by atoms with van der Waals surface area (Å²) in [6.45, 7) is 4.10. The number of anilines is 1. The van der Waals surface area contributed by atoms with E-state index in [0.29, 0.717) is 17.2 Å². The number of nitriles is 1. The first-order valence-electron chi connectivity index (χ1n) is 4.61. The summed E-state index contributed by atoms with van der Waals surface area (Å²) in [5.74, 6) is 0.352. The van der Waals surface area contributed by atoms with Crippen molar-refractivity contribution in [2.24, 2.45) is 11.7 Å². The van der Waals surface area contributed by atoms with Gasteiger partial charge in [-0.15, -0.1) is 0 Å². The van der Waals surface area contributed by atoms with Gasteiger partial charge in [0, 0.05) is 11.7 Å². The molecule has 3 nitrogen and oxygen atoms in total. The maximum atomic E-state index is 8.79. The molecule has 0 amide bonds. The maximum absolute atomic E-state index is 8.79. The van der Waals surface area contributed by atoms with Crippen LogP contribution in [0.2, 0.25) is 0 Å². The SMILES string of the molecule is CC(C)[C@H](N)c1ccc(N)c(C#N)c1. The van der Waals surface area contributed by atoms with Crippen LogP contribution in [0, 0.1) is 17.2 Å². The molecule has 3 heteroatoms. The molecule has 0 aromatic heterocycles. The van der Waals surface area contributed by atoms with Crippen molar-refractivity contribution in [3.63, 3.8) is 0 Å². The highest BCUT2D eigenvalue weighted by atomic mass is 14.6. The molecular formula is C11H15N3. The molecule has 0 aliphatic heterocycles. The minimum atomic E-state index is -0.0392. The first-order chi connectivity index (χ1) is 6.56. The fraction of sp³-hybridized carbons (Fsp3) is 0.364. The van der Waals surface area contributed by atoms with Crippen molar-refractivity contribution in [3.8, 4) is 6.07 Å². The van der Waals surface area contributed by atoms with E-state index in [4.69, 9.17) is 16.7 Å². The molecule has 0 fully saturated rings. The second-order valence-corrected chi connectivity index (χ2v) is 3.73. The average molecular weight is 189 g/mol. The summed E-state index contributed by atoms with van der Waals surface area (Å²) in [5, 5.41) is 8.79. The van der Waals surface area contributed by atoms with Crippen molar-refractivity contribution in [1.29, 1.82) is 5.26 Å². The smallest absolute Gasteiger partial charge is 0.101 e. The van der Waals surface area contributed by atoms with Gasteiger partial charge in [-0.25, -0.2) is 0 Å². The molecule has 0 unspecified atom stereocenters. The van der Waals surface area contributed by atoms with Gasteiger partial charge in [-0.1, -0.05) is 19.9 Å². The Morgan fingerprint density at radius 2 is 2.00 bits per heavy atom. The third-order valence-corrected chi connectivity index (χ3v) is 2.30. The van der Waals surface area contributed by atoms with Crippen LogP contribution < -0.4 is 11.5 Å². The number of nitrogens with zero attached hydrogens (tertiary/aromatic N) is 1. The molecule has 0 heterocycles. The summed E-state index contributed by atoms with van der Waals surface area (Å²) >= 11 is 0. The normalized spacial score (nSPS) is 12.5. The van der Waals surface area contributed by atoms with E-state index in [1.807, 2.05) is 26.0 Å². The van der Waals surface area contributed by atoms with Crippen LogP contribution in [-0.4, -0.2) is 0 Å². The highest BCUT2D eigenvalue weighted by Gasteiger charge is 2.11. The Morgan fingerprint density at radius 1 is 1.36 bits per heavy atom. The summed E-state index contributed by atoms with van der Waals surface area (Å²) in [5.41, 5.74) is 13.5. The Bertz CT molecular complexity index is 363. The third-order valence-electron chi connectivity index (χ3n) is 2.30. The molecule has 0 bridgehead atoms. The summed E-state index contributed by atoms with van der Waals surface area (Å²) in [7, 11) is 0. The van der Waals surface area contributed by atoms with Gasteiger partial charge >= 0.3 is 0 Å². The first-order valence-corrected chi connectivity index (χ1v) is 4.61. The summed E-state index contributed by atoms with van der Waals surface area (Å²) < 4.78 is 0. The van der Waals surface area contributed by atoms with Crippen molar-refractivity contribution in [2.45, 2.75) is 19.9 Å². The average Bonchev–Trinajstić information content (AvgIpc) is 2.17. The molecule has 0 saturated carbocycles. The molecule has 1 aromatic carbocycles. The fourth-order valence-electron chi connectivity index (χ4n) is 1.26. The third kappa shape index (κ3) is 2.04. The molecule has 1 rings (SSSR count). The van der Waals surface area contributed by atoms with E-state index in [1.54, 1.807) is 12.1 Å². The number of nitrogens with two attached hydrogens (primary N) is 2. The zero-order valence-electron chi connectivity index (χ0n) is 8.49. The molecule has 0 aliphatic rings. The van der Waals surface area contributed by atoms with Crippen LogP contribution in [0.3, 0.4) is 0 Å². The molecule has 14 heavy (non-hydrogen) atoms. The molecule has 0 radical (unpaired) electrons. The highest BCUT2D eigenvalue weighted by molar-refractivity contribution is 5.55. The lowest BCUT2D eigenvalue weighted by atomic mass is 9.95. The number of nitrogen functional groups attached to an aromatic ring is 1.